The van der Waals surface area contributed by atoms with Gasteiger partial charge in [-0.2, -0.15) is 15.0 Å². The Bertz CT molecular complexity index is 742. The molecule has 3 aromatic heterocycles. The Morgan fingerprint density at radius 2 is 2.14 bits per heavy atom. The van der Waals surface area contributed by atoms with Crippen molar-refractivity contribution in [1.82, 2.24) is 29.5 Å². The van der Waals surface area contributed by atoms with Crippen LogP contribution in [0.15, 0.2) is 37.1 Å². The van der Waals surface area contributed by atoms with Crippen LogP contribution in [0.1, 0.15) is 11.3 Å². The minimum Gasteiger partial charge on any atom is -0.348 e. The molecule has 106 valence electrons. The van der Waals surface area contributed by atoms with E-state index in [1.165, 1.54) is 0 Å². The lowest BCUT2D eigenvalue weighted by Crippen LogP contribution is -2.09. The fourth-order valence-electron chi connectivity index (χ4n) is 1.78. The minimum atomic E-state index is 0.119. The minimum absolute atomic E-state index is 0.119. The smallest absolute Gasteiger partial charge is 0.241 e. The third kappa shape index (κ3) is 3.14. The Hall–Kier alpha value is -2.54. The molecule has 0 amide bonds. The van der Waals surface area contributed by atoms with Crippen molar-refractivity contribution in [1.29, 1.82) is 0 Å². The molecule has 7 nitrogen and oxygen atoms in total. The number of halogens is 1. The maximum Gasteiger partial charge on any atom is 0.241 e. The first-order valence-electron chi connectivity index (χ1n) is 6.26. The first kappa shape index (κ1) is 13.4. The largest absolute Gasteiger partial charge is 0.348 e. The van der Waals surface area contributed by atoms with Gasteiger partial charge in [0.2, 0.25) is 17.2 Å². The van der Waals surface area contributed by atoms with E-state index in [-0.39, 0.29) is 5.28 Å². The van der Waals surface area contributed by atoms with Gasteiger partial charge < -0.3 is 5.32 Å². The lowest BCUT2D eigenvalue weighted by atomic mass is 10.2. The summed E-state index contributed by atoms with van der Waals surface area (Å²) in [6, 6.07) is 3.90. The molecular formula is C13H12ClN7. The number of rotatable bonds is 4. The van der Waals surface area contributed by atoms with Gasteiger partial charge >= 0.3 is 0 Å². The fourth-order valence-corrected chi connectivity index (χ4v) is 1.93. The molecule has 3 aromatic rings. The average Bonchev–Trinajstić information content (AvgIpc) is 3.00. The third-order valence-corrected chi connectivity index (χ3v) is 3.03. The van der Waals surface area contributed by atoms with Crippen molar-refractivity contribution in [2.75, 3.05) is 5.32 Å². The lowest BCUT2D eigenvalue weighted by Gasteiger charge is -2.08. The molecule has 0 aliphatic heterocycles. The highest BCUT2D eigenvalue weighted by molar-refractivity contribution is 6.28. The normalized spacial score (nSPS) is 10.6. The Kier molecular flexibility index (Phi) is 3.74. The Morgan fingerprint density at radius 3 is 2.90 bits per heavy atom. The first-order valence-corrected chi connectivity index (χ1v) is 6.64. The molecule has 0 aromatic carbocycles. The average molecular weight is 302 g/mol. The Labute approximate surface area is 126 Å². The van der Waals surface area contributed by atoms with Crippen LogP contribution < -0.4 is 5.32 Å². The predicted molar refractivity (Wildman–Crippen MR) is 78.3 cm³/mol. The molecule has 0 spiro atoms. The summed E-state index contributed by atoms with van der Waals surface area (Å²) in [4.78, 5) is 20.7. The van der Waals surface area contributed by atoms with Gasteiger partial charge in [0.25, 0.3) is 0 Å². The standard InChI is InChI=1S/C13H12ClN7/c1-9-3-2-4-16-10(9)7-17-12-18-11(14)19-13(20-12)21-6-5-15-8-21/h2-6,8H,7H2,1H3,(H,17,18,19,20). The zero-order valence-electron chi connectivity index (χ0n) is 11.2. The zero-order valence-corrected chi connectivity index (χ0v) is 12.0. The van der Waals surface area contributed by atoms with E-state index in [1.54, 1.807) is 29.5 Å². The van der Waals surface area contributed by atoms with E-state index in [4.69, 9.17) is 11.6 Å². The second kappa shape index (κ2) is 5.84. The van der Waals surface area contributed by atoms with Crippen LogP contribution in [0, 0.1) is 6.92 Å². The van der Waals surface area contributed by atoms with Gasteiger partial charge in [-0.15, -0.1) is 0 Å². The SMILES string of the molecule is Cc1cccnc1CNc1nc(Cl)nc(-n2ccnc2)n1. The number of nitrogens with zero attached hydrogens (tertiary/aromatic N) is 6. The van der Waals surface area contributed by atoms with Crippen molar-refractivity contribution in [2.24, 2.45) is 0 Å². The summed E-state index contributed by atoms with van der Waals surface area (Å²) in [6.07, 6.45) is 6.72. The van der Waals surface area contributed by atoms with Crippen molar-refractivity contribution in [3.63, 3.8) is 0 Å². The van der Waals surface area contributed by atoms with Crippen molar-refractivity contribution in [3.05, 3.63) is 53.6 Å². The third-order valence-electron chi connectivity index (χ3n) is 2.86. The van der Waals surface area contributed by atoms with Crippen LogP contribution in [0.25, 0.3) is 5.95 Å². The molecule has 0 fully saturated rings. The van der Waals surface area contributed by atoms with Gasteiger partial charge in [-0.1, -0.05) is 6.07 Å². The van der Waals surface area contributed by atoms with E-state index in [1.807, 2.05) is 19.1 Å². The molecule has 3 rings (SSSR count). The van der Waals surface area contributed by atoms with E-state index in [0.29, 0.717) is 18.4 Å². The highest BCUT2D eigenvalue weighted by Gasteiger charge is 2.07. The molecule has 0 aliphatic rings. The van der Waals surface area contributed by atoms with Gasteiger partial charge in [-0.3, -0.25) is 9.55 Å². The number of nitrogens with one attached hydrogen (secondary N) is 1. The second-order valence-corrected chi connectivity index (χ2v) is 4.66. The molecule has 3 heterocycles. The Balaban J connectivity index is 1.81. The number of anilines is 1. The number of hydrogen-bond acceptors (Lipinski definition) is 6. The molecule has 1 N–H and O–H groups in total. The lowest BCUT2D eigenvalue weighted by molar-refractivity contribution is 0.883. The highest BCUT2D eigenvalue weighted by atomic mass is 35.5. The molecule has 8 heteroatoms. The summed E-state index contributed by atoms with van der Waals surface area (Å²) in [5.41, 5.74) is 2.03. The van der Waals surface area contributed by atoms with Gasteiger partial charge in [-0.05, 0) is 30.2 Å². The van der Waals surface area contributed by atoms with Gasteiger partial charge in [0.05, 0.1) is 12.2 Å². The van der Waals surface area contributed by atoms with Crippen LogP contribution in [0.3, 0.4) is 0 Å². The van der Waals surface area contributed by atoms with Crippen LogP contribution in [-0.2, 0) is 6.54 Å². The molecule has 0 saturated carbocycles. The highest BCUT2D eigenvalue weighted by Crippen LogP contribution is 2.11. The van der Waals surface area contributed by atoms with Crippen LogP contribution in [-0.4, -0.2) is 29.5 Å². The van der Waals surface area contributed by atoms with Crippen molar-refractivity contribution in [3.8, 4) is 5.95 Å². The van der Waals surface area contributed by atoms with Crippen LogP contribution in [0.2, 0.25) is 5.28 Å². The Morgan fingerprint density at radius 1 is 1.24 bits per heavy atom. The number of aryl methyl sites for hydroxylation is 1. The van der Waals surface area contributed by atoms with Crippen LogP contribution in [0.5, 0.6) is 0 Å². The number of imidazole rings is 1. The van der Waals surface area contributed by atoms with E-state index >= 15 is 0 Å². The molecule has 21 heavy (non-hydrogen) atoms. The summed E-state index contributed by atoms with van der Waals surface area (Å²) in [7, 11) is 0. The van der Waals surface area contributed by atoms with E-state index in [9.17, 15) is 0 Å². The molecule has 0 aliphatic carbocycles. The van der Waals surface area contributed by atoms with Crippen molar-refractivity contribution >= 4 is 17.5 Å². The summed E-state index contributed by atoms with van der Waals surface area (Å²) < 4.78 is 1.66. The maximum atomic E-state index is 5.93. The van der Waals surface area contributed by atoms with Crippen LogP contribution in [0.4, 0.5) is 5.95 Å². The molecule has 0 saturated heterocycles. The molecular weight excluding hydrogens is 290 g/mol. The van der Waals surface area contributed by atoms with Crippen LogP contribution >= 0.6 is 11.6 Å². The summed E-state index contributed by atoms with van der Waals surface area (Å²) >= 11 is 5.93. The van der Waals surface area contributed by atoms with Crippen molar-refractivity contribution in [2.45, 2.75) is 13.5 Å². The van der Waals surface area contributed by atoms with Gasteiger partial charge in [0, 0.05) is 18.6 Å². The van der Waals surface area contributed by atoms with E-state index in [0.717, 1.165) is 11.3 Å². The number of pyridine rings is 1. The maximum absolute atomic E-state index is 5.93. The van der Waals surface area contributed by atoms with E-state index < -0.39 is 0 Å². The van der Waals surface area contributed by atoms with E-state index in [2.05, 4.69) is 30.2 Å². The summed E-state index contributed by atoms with van der Waals surface area (Å²) in [5.74, 6) is 0.802. The van der Waals surface area contributed by atoms with Gasteiger partial charge in [0.15, 0.2) is 0 Å². The quantitative estimate of drug-likeness (QED) is 0.794. The van der Waals surface area contributed by atoms with Gasteiger partial charge in [-0.25, -0.2) is 4.98 Å². The molecule has 0 unspecified atom stereocenters. The molecule has 0 bridgehead atoms. The molecule has 0 radical (unpaired) electrons. The monoisotopic (exact) mass is 301 g/mol. The molecule has 0 atom stereocenters. The first-order chi connectivity index (χ1) is 10.2. The predicted octanol–water partition coefficient (Wildman–Crippen LogP) is 2.03. The van der Waals surface area contributed by atoms with Gasteiger partial charge in [0.1, 0.15) is 6.33 Å². The summed E-state index contributed by atoms with van der Waals surface area (Å²) in [5, 5.41) is 3.22. The fraction of sp³-hybridized carbons (Fsp3) is 0.154. The summed E-state index contributed by atoms with van der Waals surface area (Å²) in [6.45, 7) is 2.51. The number of aromatic nitrogens is 6. The zero-order chi connectivity index (χ0) is 14.7. The second-order valence-electron chi connectivity index (χ2n) is 4.32. The number of hydrogen-bond donors (Lipinski definition) is 1. The van der Waals surface area contributed by atoms with Crippen molar-refractivity contribution < 1.29 is 0 Å². The topological polar surface area (TPSA) is 81.4 Å².